The van der Waals surface area contributed by atoms with Gasteiger partial charge in [0.05, 0.1) is 0 Å². The van der Waals surface area contributed by atoms with Crippen molar-refractivity contribution in [1.82, 2.24) is 0 Å². The molecule has 1 aromatic carbocycles. The molecule has 1 aliphatic carbocycles. The van der Waals surface area contributed by atoms with Gasteiger partial charge in [-0.05, 0) is 85.5 Å². The molecule has 2 rings (SSSR count). The molecule has 0 saturated heterocycles. The van der Waals surface area contributed by atoms with Crippen molar-refractivity contribution in [1.29, 1.82) is 0 Å². The summed E-state index contributed by atoms with van der Waals surface area (Å²) in [5.74, 6) is 0.419. The highest BCUT2D eigenvalue weighted by atomic mass is 16.3. The maximum Gasteiger partial charge on any atom is 0.115 e. The van der Waals surface area contributed by atoms with Crippen LogP contribution in [-0.4, -0.2) is 5.11 Å². The van der Waals surface area contributed by atoms with Crippen molar-refractivity contribution in [2.75, 3.05) is 0 Å². The van der Waals surface area contributed by atoms with Crippen molar-refractivity contribution in [3.8, 4) is 5.75 Å². The first kappa shape index (κ1) is 16.4. The van der Waals surface area contributed by atoms with E-state index in [4.69, 9.17) is 0 Å². The van der Waals surface area contributed by atoms with Gasteiger partial charge >= 0.3 is 0 Å². The molecule has 118 valence electrons. The fourth-order valence-electron chi connectivity index (χ4n) is 3.07. The van der Waals surface area contributed by atoms with Crippen molar-refractivity contribution in [2.24, 2.45) is 10.8 Å². The fourth-order valence-corrected chi connectivity index (χ4v) is 3.07. The minimum absolute atomic E-state index is 0.414. The molecule has 0 aliphatic heterocycles. The minimum atomic E-state index is 0.414. The van der Waals surface area contributed by atoms with Gasteiger partial charge < -0.3 is 5.11 Å². The highest BCUT2D eigenvalue weighted by molar-refractivity contribution is 5.35. The van der Waals surface area contributed by atoms with E-state index in [1.165, 1.54) is 49.7 Å². The van der Waals surface area contributed by atoms with Crippen LogP contribution in [0.5, 0.6) is 5.75 Å². The van der Waals surface area contributed by atoms with Crippen LogP contribution in [0.3, 0.4) is 0 Å². The zero-order valence-electron chi connectivity index (χ0n) is 14.3. The second-order valence-electron chi connectivity index (χ2n) is 8.53. The van der Waals surface area contributed by atoms with Gasteiger partial charge in [0.25, 0.3) is 0 Å². The molecule has 1 nitrogen and oxygen atoms in total. The third kappa shape index (κ3) is 5.73. The number of phenols is 1. The van der Waals surface area contributed by atoms with Gasteiger partial charge in [-0.1, -0.05) is 33.8 Å². The zero-order valence-corrected chi connectivity index (χ0v) is 14.3. The zero-order chi connectivity index (χ0) is 15.5. The number of hydrogen-bond donors (Lipinski definition) is 1. The SMILES string of the molecule is CC(C)(C)CCCc1ccc(O)cc1CCCC1(C)CC1. The molecular formula is C20H32O. The van der Waals surface area contributed by atoms with Crippen molar-refractivity contribution in [3.63, 3.8) is 0 Å². The topological polar surface area (TPSA) is 20.2 Å². The number of phenolic OH excluding ortho intramolecular Hbond substituents is 1. The van der Waals surface area contributed by atoms with Gasteiger partial charge in [-0.3, -0.25) is 0 Å². The van der Waals surface area contributed by atoms with Gasteiger partial charge in [0.2, 0.25) is 0 Å². The van der Waals surface area contributed by atoms with Crippen LogP contribution in [0.25, 0.3) is 0 Å². The van der Waals surface area contributed by atoms with Crippen LogP contribution < -0.4 is 0 Å². The Balaban J connectivity index is 1.89. The van der Waals surface area contributed by atoms with Gasteiger partial charge in [0, 0.05) is 0 Å². The normalized spacial score (nSPS) is 17.0. The summed E-state index contributed by atoms with van der Waals surface area (Å²) in [5, 5.41) is 9.76. The van der Waals surface area contributed by atoms with Crippen molar-refractivity contribution in [2.45, 2.75) is 79.1 Å². The quantitative estimate of drug-likeness (QED) is 0.664. The lowest BCUT2D eigenvalue weighted by Crippen LogP contribution is -2.06. The molecule has 0 heterocycles. The molecule has 0 radical (unpaired) electrons. The third-order valence-electron chi connectivity index (χ3n) is 4.89. The fraction of sp³-hybridized carbons (Fsp3) is 0.700. The molecule has 1 heteroatoms. The second-order valence-corrected chi connectivity index (χ2v) is 8.53. The third-order valence-corrected chi connectivity index (χ3v) is 4.89. The summed E-state index contributed by atoms with van der Waals surface area (Å²) in [6.07, 6.45) is 10.2. The number of hydrogen-bond acceptors (Lipinski definition) is 1. The lowest BCUT2D eigenvalue weighted by Gasteiger charge is -2.18. The molecule has 0 aromatic heterocycles. The van der Waals surface area contributed by atoms with E-state index in [1.807, 2.05) is 12.1 Å². The van der Waals surface area contributed by atoms with Crippen LogP contribution in [0, 0.1) is 10.8 Å². The lowest BCUT2D eigenvalue weighted by atomic mass is 9.87. The Morgan fingerprint density at radius 3 is 2.33 bits per heavy atom. The van der Waals surface area contributed by atoms with E-state index in [0.29, 0.717) is 16.6 Å². The summed E-state index contributed by atoms with van der Waals surface area (Å²) >= 11 is 0. The Morgan fingerprint density at radius 1 is 1.05 bits per heavy atom. The minimum Gasteiger partial charge on any atom is -0.508 e. The Labute approximate surface area is 130 Å². The van der Waals surface area contributed by atoms with Crippen molar-refractivity contribution in [3.05, 3.63) is 29.3 Å². The molecule has 1 saturated carbocycles. The van der Waals surface area contributed by atoms with Crippen LogP contribution in [0.4, 0.5) is 0 Å². The molecule has 0 spiro atoms. The van der Waals surface area contributed by atoms with Crippen LogP contribution in [-0.2, 0) is 12.8 Å². The summed E-state index contributed by atoms with van der Waals surface area (Å²) in [5.41, 5.74) is 3.87. The van der Waals surface area contributed by atoms with Gasteiger partial charge in [0.1, 0.15) is 5.75 Å². The van der Waals surface area contributed by atoms with Crippen LogP contribution >= 0.6 is 0 Å². The number of benzene rings is 1. The first-order valence-electron chi connectivity index (χ1n) is 8.58. The van der Waals surface area contributed by atoms with Gasteiger partial charge in [0.15, 0.2) is 0 Å². The second kappa shape index (κ2) is 6.42. The molecule has 0 unspecified atom stereocenters. The van der Waals surface area contributed by atoms with Gasteiger partial charge in [-0.2, -0.15) is 0 Å². The summed E-state index contributed by atoms with van der Waals surface area (Å²) < 4.78 is 0. The van der Waals surface area contributed by atoms with Crippen LogP contribution in [0.1, 0.15) is 77.3 Å². The maximum absolute atomic E-state index is 9.76. The Bertz CT molecular complexity index is 463. The van der Waals surface area contributed by atoms with E-state index in [9.17, 15) is 5.11 Å². The molecule has 1 fully saturated rings. The number of aryl methyl sites for hydroxylation is 2. The van der Waals surface area contributed by atoms with E-state index in [1.54, 1.807) is 0 Å². The average Bonchev–Trinajstić information content (AvgIpc) is 3.09. The van der Waals surface area contributed by atoms with Gasteiger partial charge in [-0.15, -0.1) is 0 Å². The van der Waals surface area contributed by atoms with Crippen LogP contribution in [0.2, 0.25) is 0 Å². The maximum atomic E-state index is 9.76. The first-order chi connectivity index (χ1) is 9.77. The molecule has 0 atom stereocenters. The molecule has 1 aromatic rings. The Morgan fingerprint density at radius 2 is 1.71 bits per heavy atom. The standard InChI is InChI=1S/C20H32O/c1-19(2,3)11-5-7-16-9-10-18(21)15-17(16)8-6-12-20(4)13-14-20/h9-10,15,21H,5-8,11-14H2,1-4H3. The summed E-state index contributed by atoms with van der Waals surface area (Å²) in [6, 6.07) is 5.96. The molecule has 1 aliphatic rings. The molecule has 21 heavy (non-hydrogen) atoms. The van der Waals surface area contributed by atoms with Gasteiger partial charge in [-0.25, -0.2) is 0 Å². The Hall–Kier alpha value is -0.980. The van der Waals surface area contributed by atoms with Crippen molar-refractivity contribution < 1.29 is 5.11 Å². The van der Waals surface area contributed by atoms with Crippen molar-refractivity contribution >= 4 is 0 Å². The molecule has 1 N–H and O–H groups in total. The lowest BCUT2D eigenvalue weighted by molar-refractivity contribution is 0.365. The van der Waals surface area contributed by atoms with E-state index < -0.39 is 0 Å². The Kier molecular flexibility index (Phi) is 5.01. The summed E-state index contributed by atoms with van der Waals surface area (Å²) in [7, 11) is 0. The highest BCUT2D eigenvalue weighted by Crippen LogP contribution is 2.49. The first-order valence-corrected chi connectivity index (χ1v) is 8.58. The van der Waals surface area contributed by atoms with E-state index >= 15 is 0 Å². The molecular weight excluding hydrogens is 256 g/mol. The largest absolute Gasteiger partial charge is 0.508 e. The van der Waals surface area contributed by atoms with Crippen LogP contribution in [0.15, 0.2) is 18.2 Å². The monoisotopic (exact) mass is 288 g/mol. The van der Waals surface area contributed by atoms with E-state index in [-0.39, 0.29) is 0 Å². The average molecular weight is 288 g/mol. The number of aromatic hydroxyl groups is 1. The summed E-state index contributed by atoms with van der Waals surface area (Å²) in [6.45, 7) is 9.32. The predicted molar refractivity (Wildman–Crippen MR) is 90.8 cm³/mol. The number of rotatable bonds is 7. The molecule has 0 amide bonds. The van der Waals surface area contributed by atoms with E-state index in [2.05, 4.69) is 33.8 Å². The predicted octanol–water partition coefficient (Wildman–Crippen LogP) is 5.88. The highest BCUT2D eigenvalue weighted by Gasteiger charge is 2.36. The molecule has 0 bridgehead atoms. The smallest absolute Gasteiger partial charge is 0.115 e. The summed E-state index contributed by atoms with van der Waals surface area (Å²) in [4.78, 5) is 0. The van der Waals surface area contributed by atoms with E-state index in [0.717, 1.165) is 12.8 Å².